The van der Waals surface area contributed by atoms with Crippen LogP contribution in [0, 0.1) is 10.7 Å². The molecule has 0 atom stereocenters. The van der Waals surface area contributed by atoms with Crippen LogP contribution < -0.4 is 5.73 Å². The lowest BCUT2D eigenvalue weighted by atomic mass is 10.4. The van der Waals surface area contributed by atoms with Gasteiger partial charge in [0.25, 0.3) is 0 Å². The fourth-order valence-electron chi connectivity index (χ4n) is 0.237. The fourth-order valence-corrected chi connectivity index (χ4v) is 0.633. The van der Waals surface area contributed by atoms with Crippen LogP contribution in [0.5, 0.6) is 0 Å². The maximum Gasteiger partial charge on any atom is 0.148 e. The van der Waals surface area contributed by atoms with Gasteiger partial charge < -0.3 is 5.73 Å². The Kier molecular flexibility index (Phi) is 4.64. The molecule has 0 amide bonds. The van der Waals surface area contributed by atoms with Gasteiger partial charge in [0.2, 0.25) is 0 Å². The predicted molar refractivity (Wildman–Crippen MR) is 36.4 cm³/mol. The summed E-state index contributed by atoms with van der Waals surface area (Å²) in [6, 6.07) is 0. The van der Waals surface area contributed by atoms with Gasteiger partial charge in [-0.05, 0) is 11.8 Å². The van der Waals surface area contributed by atoms with Gasteiger partial charge in [0.1, 0.15) is 11.7 Å². The zero-order valence-electron chi connectivity index (χ0n) is 4.70. The molecule has 0 bridgehead atoms. The molecule has 2 N–H and O–H groups in total. The maximum atomic E-state index is 9.97. The first kappa shape index (κ1) is 8.05. The first-order chi connectivity index (χ1) is 4.35. The molecule has 0 spiro atoms. The van der Waals surface area contributed by atoms with Crippen molar-refractivity contribution in [1.29, 1.82) is 5.26 Å². The molecular weight excluding hydrogens is 136 g/mol. The second-order valence-corrected chi connectivity index (χ2v) is 2.00. The molecule has 0 saturated carbocycles. The molecule has 0 fully saturated rings. The third-order valence-corrected chi connectivity index (χ3v) is 1.28. The molecule has 9 heavy (non-hydrogen) atoms. The van der Waals surface area contributed by atoms with Crippen molar-refractivity contribution in [2.24, 2.45) is 5.73 Å². The van der Waals surface area contributed by atoms with E-state index in [2.05, 4.69) is 0 Å². The number of hydrogen-bond acceptors (Lipinski definition) is 4. The minimum Gasteiger partial charge on any atom is -0.404 e. The Morgan fingerprint density at radius 3 is 2.89 bits per heavy atom. The zero-order chi connectivity index (χ0) is 7.11. The van der Waals surface area contributed by atoms with Crippen LogP contribution in [0.3, 0.4) is 0 Å². The summed E-state index contributed by atoms with van der Waals surface area (Å²) in [6.07, 6.45) is 1.85. The highest BCUT2D eigenvalue weighted by Crippen LogP contribution is 2.01. The molecule has 0 aromatic heterocycles. The van der Waals surface area contributed by atoms with Gasteiger partial charge in [-0.15, -0.1) is 0 Å². The zero-order valence-corrected chi connectivity index (χ0v) is 5.52. The van der Waals surface area contributed by atoms with Crippen molar-refractivity contribution in [3.05, 3.63) is 11.8 Å². The highest BCUT2D eigenvalue weighted by Gasteiger charge is 1.91. The van der Waals surface area contributed by atoms with Gasteiger partial charge in [-0.3, -0.25) is 4.79 Å². The Morgan fingerprint density at radius 1 is 1.89 bits per heavy atom. The number of nitrogens with two attached hydrogens (primary N) is 1. The quantitative estimate of drug-likeness (QED) is 0.348. The topological polar surface area (TPSA) is 66.9 Å². The van der Waals surface area contributed by atoms with Gasteiger partial charge in [-0.25, -0.2) is 0 Å². The van der Waals surface area contributed by atoms with Crippen molar-refractivity contribution in [3.63, 3.8) is 0 Å². The molecule has 0 aliphatic rings. The van der Waals surface area contributed by atoms with Gasteiger partial charge in [0, 0.05) is 17.5 Å². The summed E-state index contributed by atoms with van der Waals surface area (Å²) >= 11 is 0.991. The van der Waals surface area contributed by atoms with Crippen LogP contribution in [0.2, 0.25) is 0 Å². The van der Waals surface area contributed by atoms with Crippen LogP contribution in [0.1, 0.15) is 0 Å². The Balaban J connectivity index is 3.61. The summed E-state index contributed by atoms with van der Waals surface area (Å²) in [4.78, 5) is 9.97. The molecule has 0 rings (SSSR count). The number of aldehydes is 1. The number of nitriles is 1. The third kappa shape index (κ3) is 3.62. The molecule has 0 unspecified atom stereocenters. The van der Waals surface area contributed by atoms with Crippen LogP contribution >= 0.6 is 11.8 Å². The van der Waals surface area contributed by atoms with E-state index in [0.717, 1.165) is 11.8 Å². The first-order valence-electron chi connectivity index (χ1n) is 2.22. The standard InChI is InChI=1S/C5H6N2OS/c6-1-5(2-8)3-9-4-7/h1-2H,3,6H2. The number of carbonyl (C=O) groups is 1. The van der Waals surface area contributed by atoms with E-state index in [1.807, 2.05) is 5.40 Å². The summed E-state index contributed by atoms with van der Waals surface area (Å²) in [7, 11) is 0. The van der Waals surface area contributed by atoms with E-state index in [9.17, 15) is 4.79 Å². The van der Waals surface area contributed by atoms with Crippen molar-refractivity contribution in [3.8, 4) is 5.40 Å². The molecular formula is C5H6N2OS. The Morgan fingerprint density at radius 2 is 2.56 bits per heavy atom. The van der Waals surface area contributed by atoms with Gasteiger partial charge in [-0.1, -0.05) is 0 Å². The molecule has 0 aliphatic heterocycles. The average Bonchev–Trinajstić information content (AvgIpc) is 1.91. The average molecular weight is 142 g/mol. The van der Waals surface area contributed by atoms with Crippen molar-refractivity contribution in [2.45, 2.75) is 0 Å². The highest BCUT2D eigenvalue weighted by atomic mass is 32.2. The SMILES string of the molecule is N#CSCC(C=O)=CN. The van der Waals surface area contributed by atoms with Crippen LogP contribution in [0.4, 0.5) is 0 Å². The van der Waals surface area contributed by atoms with E-state index in [1.54, 1.807) is 0 Å². The summed E-state index contributed by atoms with van der Waals surface area (Å²) in [5.41, 5.74) is 5.45. The Labute approximate surface area is 57.5 Å². The number of thioether (sulfide) groups is 1. The summed E-state index contributed by atoms with van der Waals surface area (Å²) in [6.45, 7) is 0. The number of hydrogen-bond donors (Lipinski definition) is 1. The molecule has 48 valence electrons. The van der Waals surface area contributed by atoms with Crippen molar-refractivity contribution in [1.82, 2.24) is 0 Å². The van der Waals surface area contributed by atoms with Gasteiger partial charge in [0.05, 0.1) is 0 Å². The van der Waals surface area contributed by atoms with E-state index in [-0.39, 0.29) is 0 Å². The normalized spacial score (nSPS) is 10.3. The molecule has 0 saturated heterocycles. The smallest absolute Gasteiger partial charge is 0.148 e. The van der Waals surface area contributed by atoms with Crippen LogP contribution in [0.25, 0.3) is 0 Å². The summed E-state index contributed by atoms with van der Waals surface area (Å²) in [5.74, 6) is 0.372. The fraction of sp³-hybridized carbons (Fsp3) is 0.200. The second kappa shape index (κ2) is 5.19. The van der Waals surface area contributed by atoms with Crippen molar-refractivity contribution >= 4 is 18.0 Å². The van der Waals surface area contributed by atoms with E-state index >= 15 is 0 Å². The Bertz CT molecular complexity index is 159. The summed E-state index contributed by atoms with van der Waals surface area (Å²) < 4.78 is 0. The lowest BCUT2D eigenvalue weighted by molar-refractivity contribution is -0.104. The second-order valence-electron chi connectivity index (χ2n) is 1.24. The largest absolute Gasteiger partial charge is 0.404 e. The molecule has 0 heterocycles. The van der Waals surface area contributed by atoms with E-state index in [4.69, 9.17) is 11.0 Å². The molecule has 0 radical (unpaired) electrons. The third-order valence-electron chi connectivity index (χ3n) is 0.669. The number of thiocyanates is 1. The van der Waals surface area contributed by atoms with Crippen LogP contribution in [0.15, 0.2) is 11.8 Å². The Hall–Kier alpha value is -0.950. The van der Waals surface area contributed by atoms with E-state index in [0.29, 0.717) is 17.6 Å². The number of rotatable bonds is 3. The van der Waals surface area contributed by atoms with Crippen molar-refractivity contribution in [2.75, 3.05) is 5.75 Å². The van der Waals surface area contributed by atoms with Crippen LogP contribution in [-0.4, -0.2) is 12.0 Å². The van der Waals surface area contributed by atoms with E-state index in [1.165, 1.54) is 6.20 Å². The van der Waals surface area contributed by atoms with Gasteiger partial charge in [0.15, 0.2) is 0 Å². The van der Waals surface area contributed by atoms with E-state index < -0.39 is 0 Å². The lowest BCUT2D eigenvalue weighted by Crippen LogP contribution is -1.92. The molecule has 3 nitrogen and oxygen atoms in total. The highest BCUT2D eigenvalue weighted by molar-refractivity contribution is 8.03. The molecule has 0 aromatic carbocycles. The number of carbonyl (C=O) groups excluding carboxylic acids is 1. The summed E-state index contributed by atoms with van der Waals surface area (Å²) in [5, 5.41) is 9.86. The molecule has 0 aliphatic carbocycles. The molecule has 4 heteroatoms. The molecule has 0 aromatic rings. The lowest BCUT2D eigenvalue weighted by Gasteiger charge is -1.87. The minimum atomic E-state index is 0.372. The van der Waals surface area contributed by atoms with Crippen molar-refractivity contribution < 1.29 is 4.79 Å². The van der Waals surface area contributed by atoms with Crippen LogP contribution in [-0.2, 0) is 4.79 Å². The minimum absolute atomic E-state index is 0.372. The number of nitrogens with zero attached hydrogens (tertiary/aromatic N) is 1. The first-order valence-corrected chi connectivity index (χ1v) is 3.20. The predicted octanol–water partition coefficient (Wildman–Crippen LogP) is 0.242. The van der Waals surface area contributed by atoms with Gasteiger partial charge in [-0.2, -0.15) is 5.26 Å². The maximum absolute atomic E-state index is 9.97. The monoisotopic (exact) mass is 142 g/mol. The van der Waals surface area contributed by atoms with Gasteiger partial charge >= 0.3 is 0 Å².